The number of hydrogen-bond acceptors (Lipinski definition) is 3. The first-order valence-corrected chi connectivity index (χ1v) is 7.40. The average molecular weight is 379 g/mol. The van der Waals surface area contributed by atoms with Crippen LogP contribution in [0.15, 0.2) is 36.5 Å². The smallest absolute Gasteiger partial charge is 0.234 e. The molecule has 0 fully saturated rings. The summed E-state index contributed by atoms with van der Waals surface area (Å²) in [5.74, 6) is 1.58. The monoisotopic (exact) mass is 379 g/mol. The Labute approximate surface area is 131 Å². The Morgan fingerprint density at radius 1 is 1.15 bits per heavy atom. The van der Waals surface area contributed by atoms with Gasteiger partial charge in [-0.3, -0.25) is 4.40 Å². The topological polar surface area (TPSA) is 39.4 Å². The Morgan fingerprint density at radius 2 is 1.90 bits per heavy atom. The van der Waals surface area contributed by atoms with Crippen LogP contribution in [-0.4, -0.2) is 14.4 Å². The molecular weight excluding hydrogens is 365 g/mol. The van der Waals surface area contributed by atoms with Crippen molar-refractivity contribution in [3.8, 4) is 5.75 Å². The van der Waals surface area contributed by atoms with Crippen LogP contribution in [0.25, 0.3) is 5.78 Å². The molecule has 2 aromatic heterocycles. The highest BCUT2D eigenvalue weighted by Gasteiger charge is 2.06. The van der Waals surface area contributed by atoms with Crippen molar-refractivity contribution in [2.24, 2.45) is 0 Å². The first kappa shape index (κ1) is 13.4. The molecule has 102 valence electrons. The van der Waals surface area contributed by atoms with Crippen molar-refractivity contribution < 1.29 is 4.74 Å². The van der Waals surface area contributed by atoms with Crippen LogP contribution in [0.5, 0.6) is 5.75 Å². The van der Waals surface area contributed by atoms with Gasteiger partial charge in [-0.15, -0.1) is 0 Å². The number of rotatable bonds is 3. The molecule has 0 N–H and O–H groups in total. The summed E-state index contributed by atoms with van der Waals surface area (Å²) in [7, 11) is 0. The standard InChI is InChI=1S/C15H14IN3O/c1-10-7-11(2)19-8-13(18-15(19)17-10)9-20-14-5-3-12(16)4-6-14/h3-8H,9H2,1-2H3. The molecule has 2 heterocycles. The maximum atomic E-state index is 5.74. The van der Waals surface area contributed by atoms with Crippen molar-refractivity contribution in [2.75, 3.05) is 0 Å². The van der Waals surface area contributed by atoms with Crippen LogP contribution in [-0.2, 0) is 6.61 Å². The zero-order valence-electron chi connectivity index (χ0n) is 11.3. The van der Waals surface area contributed by atoms with Crippen LogP contribution in [0, 0.1) is 17.4 Å². The van der Waals surface area contributed by atoms with E-state index >= 15 is 0 Å². The minimum atomic E-state index is 0.447. The first-order chi connectivity index (χ1) is 9.61. The molecule has 0 unspecified atom stereocenters. The lowest BCUT2D eigenvalue weighted by molar-refractivity contribution is 0.302. The summed E-state index contributed by atoms with van der Waals surface area (Å²) in [5, 5.41) is 0. The van der Waals surface area contributed by atoms with E-state index in [0.29, 0.717) is 6.61 Å². The zero-order chi connectivity index (χ0) is 14.1. The van der Waals surface area contributed by atoms with E-state index in [1.165, 1.54) is 3.57 Å². The Morgan fingerprint density at radius 3 is 2.65 bits per heavy atom. The van der Waals surface area contributed by atoms with Gasteiger partial charge in [-0.05, 0) is 66.8 Å². The number of hydrogen-bond donors (Lipinski definition) is 0. The third kappa shape index (κ3) is 2.77. The molecule has 1 aromatic carbocycles. The van der Waals surface area contributed by atoms with Crippen LogP contribution >= 0.6 is 22.6 Å². The second kappa shape index (κ2) is 5.40. The maximum Gasteiger partial charge on any atom is 0.234 e. The average Bonchev–Trinajstić information content (AvgIpc) is 2.81. The zero-order valence-corrected chi connectivity index (χ0v) is 13.5. The number of halogens is 1. The molecule has 0 saturated heterocycles. The molecule has 0 amide bonds. The van der Waals surface area contributed by atoms with Crippen molar-refractivity contribution in [1.29, 1.82) is 0 Å². The highest BCUT2D eigenvalue weighted by molar-refractivity contribution is 14.1. The van der Waals surface area contributed by atoms with Crippen LogP contribution in [0.2, 0.25) is 0 Å². The molecule has 0 aliphatic rings. The molecule has 0 atom stereocenters. The number of fused-ring (bicyclic) bond motifs is 1. The van der Waals surface area contributed by atoms with Crippen LogP contribution in [0.3, 0.4) is 0 Å². The van der Waals surface area contributed by atoms with E-state index in [1.54, 1.807) is 0 Å². The van der Waals surface area contributed by atoms with E-state index in [2.05, 4.69) is 32.6 Å². The van der Waals surface area contributed by atoms with Crippen LogP contribution < -0.4 is 4.74 Å². The van der Waals surface area contributed by atoms with Gasteiger partial charge in [0.2, 0.25) is 5.78 Å². The van der Waals surface area contributed by atoms with E-state index in [0.717, 1.165) is 28.6 Å². The van der Waals surface area contributed by atoms with Gasteiger partial charge in [0.05, 0.1) is 5.69 Å². The predicted molar refractivity (Wildman–Crippen MR) is 86.0 cm³/mol. The number of aryl methyl sites for hydroxylation is 2. The lowest BCUT2D eigenvalue weighted by atomic mass is 10.3. The summed E-state index contributed by atoms with van der Waals surface area (Å²) in [6, 6.07) is 10.0. The highest BCUT2D eigenvalue weighted by Crippen LogP contribution is 2.15. The third-order valence-corrected chi connectivity index (χ3v) is 3.73. The Kier molecular flexibility index (Phi) is 3.60. The quantitative estimate of drug-likeness (QED) is 0.654. The van der Waals surface area contributed by atoms with Gasteiger partial charge in [0.15, 0.2) is 0 Å². The van der Waals surface area contributed by atoms with Crippen molar-refractivity contribution in [1.82, 2.24) is 14.4 Å². The van der Waals surface area contributed by atoms with E-state index in [9.17, 15) is 0 Å². The molecule has 3 rings (SSSR count). The summed E-state index contributed by atoms with van der Waals surface area (Å²) in [6.45, 7) is 4.47. The minimum Gasteiger partial charge on any atom is -0.487 e. The van der Waals surface area contributed by atoms with Gasteiger partial charge in [0.25, 0.3) is 0 Å². The van der Waals surface area contributed by atoms with Gasteiger partial charge in [0, 0.05) is 21.2 Å². The van der Waals surface area contributed by atoms with E-state index in [-0.39, 0.29) is 0 Å². The van der Waals surface area contributed by atoms with Crippen molar-refractivity contribution in [3.05, 3.63) is 57.2 Å². The normalized spacial score (nSPS) is 10.9. The fraction of sp³-hybridized carbons (Fsp3) is 0.200. The summed E-state index contributed by atoms with van der Waals surface area (Å²) < 4.78 is 8.92. The summed E-state index contributed by atoms with van der Waals surface area (Å²) >= 11 is 2.27. The van der Waals surface area contributed by atoms with Gasteiger partial charge in [-0.25, -0.2) is 9.97 Å². The fourth-order valence-electron chi connectivity index (χ4n) is 2.08. The van der Waals surface area contributed by atoms with Crippen LogP contribution in [0.1, 0.15) is 17.1 Å². The molecule has 3 aromatic rings. The lowest BCUT2D eigenvalue weighted by Gasteiger charge is -2.03. The van der Waals surface area contributed by atoms with Crippen molar-refractivity contribution in [3.63, 3.8) is 0 Å². The number of benzene rings is 1. The van der Waals surface area contributed by atoms with Gasteiger partial charge < -0.3 is 4.74 Å². The molecule has 0 spiro atoms. The van der Waals surface area contributed by atoms with Crippen molar-refractivity contribution >= 4 is 28.4 Å². The summed E-state index contributed by atoms with van der Waals surface area (Å²) in [6.07, 6.45) is 1.98. The number of ether oxygens (including phenoxy) is 1. The predicted octanol–water partition coefficient (Wildman–Crippen LogP) is 3.53. The molecule has 20 heavy (non-hydrogen) atoms. The molecule has 5 heteroatoms. The SMILES string of the molecule is Cc1cc(C)n2cc(COc3ccc(I)cc3)nc2n1. The Hall–Kier alpha value is -1.63. The Balaban J connectivity index is 1.81. The third-order valence-electron chi connectivity index (χ3n) is 3.01. The van der Waals surface area contributed by atoms with Gasteiger partial charge in [0.1, 0.15) is 12.4 Å². The van der Waals surface area contributed by atoms with Gasteiger partial charge in [-0.2, -0.15) is 0 Å². The number of nitrogens with zero attached hydrogens (tertiary/aromatic N) is 3. The molecular formula is C15H14IN3O. The van der Waals surface area contributed by atoms with Gasteiger partial charge >= 0.3 is 0 Å². The molecule has 0 radical (unpaired) electrons. The van der Waals surface area contributed by atoms with E-state index < -0.39 is 0 Å². The largest absolute Gasteiger partial charge is 0.487 e. The second-order valence-electron chi connectivity index (χ2n) is 4.68. The van der Waals surface area contributed by atoms with E-state index in [1.807, 2.05) is 54.8 Å². The molecule has 4 nitrogen and oxygen atoms in total. The molecule has 0 bridgehead atoms. The lowest BCUT2D eigenvalue weighted by Crippen LogP contribution is -1.95. The molecule has 0 aliphatic heterocycles. The molecule has 0 saturated carbocycles. The Bertz CT molecular complexity index is 750. The van der Waals surface area contributed by atoms with Gasteiger partial charge in [-0.1, -0.05) is 0 Å². The first-order valence-electron chi connectivity index (χ1n) is 6.32. The highest BCUT2D eigenvalue weighted by atomic mass is 127. The van der Waals surface area contributed by atoms with Crippen molar-refractivity contribution in [2.45, 2.75) is 20.5 Å². The number of aromatic nitrogens is 3. The second-order valence-corrected chi connectivity index (χ2v) is 5.93. The van der Waals surface area contributed by atoms with E-state index in [4.69, 9.17) is 4.74 Å². The summed E-state index contributed by atoms with van der Waals surface area (Å²) in [4.78, 5) is 8.91. The summed E-state index contributed by atoms with van der Waals surface area (Å²) in [5.41, 5.74) is 2.98. The maximum absolute atomic E-state index is 5.74. The van der Waals surface area contributed by atoms with Crippen LogP contribution in [0.4, 0.5) is 0 Å². The minimum absolute atomic E-state index is 0.447. The fourth-order valence-corrected chi connectivity index (χ4v) is 2.44. The molecule has 0 aliphatic carbocycles. The number of imidazole rings is 1.